The minimum atomic E-state index is -0.928. The van der Waals surface area contributed by atoms with Gasteiger partial charge in [-0.15, -0.1) is 0 Å². The van der Waals surface area contributed by atoms with Gasteiger partial charge in [-0.1, -0.05) is 20.8 Å². The van der Waals surface area contributed by atoms with Gasteiger partial charge >= 0.3 is 5.97 Å². The molecular weight excluding hydrogens is 182 g/mol. The number of carbonyl (C=O) groups excluding carboxylic acids is 1. The van der Waals surface area contributed by atoms with E-state index < -0.39 is 12.0 Å². The molecule has 0 aromatic rings. The summed E-state index contributed by atoms with van der Waals surface area (Å²) in [6.07, 6.45) is 0.843. The molecule has 0 aliphatic heterocycles. The molecule has 1 N–H and O–H groups in total. The van der Waals surface area contributed by atoms with Crippen LogP contribution in [0.1, 0.15) is 33.6 Å². The number of carbonyl (C=O) groups is 2. The molecule has 0 aromatic carbocycles. The smallest absolute Gasteiger partial charge is 0.326 e. The van der Waals surface area contributed by atoms with E-state index in [1.165, 1.54) is 4.90 Å². The van der Waals surface area contributed by atoms with Crippen molar-refractivity contribution in [2.24, 2.45) is 5.92 Å². The van der Waals surface area contributed by atoms with Crippen LogP contribution in [0.2, 0.25) is 0 Å². The summed E-state index contributed by atoms with van der Waals surface area (Å²) >= 11 is 0. The van der Waals surface area contributed by atoms with Gasteiger partial charge < -0.3 is 10.0 Å². The van der Waals surface area contributed by atoms with Crippen LogP contribution in [0, 0.1) is 5.92 Å². The van der Waals surface area contributed by atoms with Crippen LogP contribution in [0.3, 0.4) is 0 Å². The maximum Gasteiger partial charge on any atom is 0.326 e. The number of nitrogens with zero attached hydrogens (tertiary/aromatic N) is 1. The van der Waals surface area contributed by atoms with Gasteiger partial charge in [-0.05, 0) is 12.3 Å². The zero-order chi connectivity index (χ0) is 11.3. The number of aliphatic carboxylic acids is 1. The van der Waals surface area contributed by atoms with Crippen molar-refractivity contribution < 1.29 is 14.7 Å². The summed E-state index contributed by atoms with van der Waals surface area (Å²) in [5, 5.41) is 8.94. The average Bonchev–Trinajstić information content (AvgIpc) is 2.11. The average molecular weight is 201 g/mol. The largest absolute Gasteiger partial charge is 0.480 e. The monoisotopic (exact) mass is 201 g/mol. The van der Waals surface area contributed by atoms with Crippen molar-refractivity contribution in [2.75, 3.05) is 7.05 Å². The van der Waals surface area contributed by atoms with E-state index in [9.17, 15) is 9.59 Å². The van der Waals surface area contributed by atoms with Gasteiger partial charge in [0.2, 0.25) is 5.91 Å². The molecule has 0 saturated heterocycles. The zero-order valence-corrected chi connectivity index (χ0v) is 9.28. The van der Waals surface area contributed by atoms with E-state index in [2.05, 4.69) is 0 Å². The fourth-order valence-corrected chi connectivity index (χ4v) is 1.29. The van der Waals surface area contributed by atoms with Crippen molar-refractivity contribution >= 4 is 11.9 Å². The Morgan fingerprint density at radius 3 is 2.14 bits per heavy atom. The molecule has 4 heteroatoms. The lowest BCUT2D eigenvalue weighted by atomic mass is 10.0. The van der Waals surface area contributed by atoms with E-state index in [0.717, 1.165) is 0 Å². The molecule has 1 atom stereocenters. The van der Waals surface area contributed by atoms with Gasteiger partial charge in [-0.3, -0.25) is 4.79 Å². The maximum atomic E-state index is 11.3. The quantitative estimate of drug-likeness (QED) is 0.730. The van der Waals surface area contributed by atoms with Crippen LogP contribution >= 0.6 is 0 Å². The van der Waals surface area contributed by atoms with Gasteiger partial charge in [0.05, 0.1) is 0 Å². The van der Waals surface area contributed by atoms with Crippen molar-refractivity contribution in [3.63, 3.8) is 0 Å². The highest BCUT2D eigenvalue weighted by Gasteiger charge is 2.26. The third kappa shape index (κ3) is 3.77. The second-order valence-corrected chi connectivity index (χ2v) is 3.84. The molecule has 14 heavy (non-hydrogen) atoms. The molecule has 0 bridgehead atoms. The zero-order valence-electron chi connectivity index (χ0n) is 9.28. The summed E-state index contributed by atoms with van der Waals surface area (Å²) in [6.45, 7) is 5.62. The molecule has 0 aliphatic rings. The van der Waals surface area contributed by atoms with Gasteiger partial charge in [0.15, 0.2) is 0 Å². The first-order chi connectivity index (χ1) is 6.40. The predicted octanol–water partition coefficient (Wildman–Crippen LogP) is 1.35. The Bertz CT molecular complexity index is 213. The van der Waals surface area contributed by atoms with Crippen LogP contribution in [0.4, 0.5) is 0 Å². The minimum absolute atomic E-state index is 0.127. The van der Waals surface area contributed by atoms with E-state index in [1.54, 1.807) is 14.0 Å². The number of carboxylic acids is 1. The molecule has 0 spiro atoms. The molecule has 1 amide bonds. The van der Waals surface area contributed by atoms with Gasteiger partial charge in [0.1, 0.15) is 6.04 Å². The van der Waals surface area contributed by atoms with Gasteiger partial charge in [0, 0.05) is 13.5 Å². The molecule has 82 valence electrons. The van der Waals surface area contributed by atoms with Crippen molar-refractivity contribution in [1.82, 2.24) is 4.90 Å². The Labute approximate surface area is 84.9 Å². The van der Waals surface area contributed by atoms with E-state index in [-0.39, 0.29) is 11.8 Å². The lowest BCUT2D eigenvalue weighted by Crippen LogP contribution is -2.42. The van der Waals surface area contributed by atoms with E-state index >= 15 is 0 Å². The van der Waals surface area contributed by atoms with Crippen molar-refractivity contribution in [1.29, 1.82) is 0 Å². The number of amides is 1. The first kappa shape index (κ1) is 12.9. The molecule has 0 heterocycles. The third-order valence-corrected chi connectivity index (χ3v) is 2.14. The highest BCUT2D eigenvalue weighted by Crippen LogP contribution is 2.11. The fraction of sp³-hybridized carbons (Fsp3) is 0.800. The normalized spacial score (nSPS) is 12.6. The summed E-state index contributed by atoms with van der Waals surface area (Å²) in [6, 6.07) is -0.692. The lowest BCUT2D eigenvalue weighted by Gasteiger charge is -2.25. The van der Waals surface area contributed by atoms with Gasteiger partial charge in [-0.2, -0.15) is 0 Å². The van der Waals surface area contributed by atoms with Crippen LogP contribution in [-0.4, -0.2) is 35.0 Å². The Morgan fingerprint density at radius 1 is 1.36 bits per heavy atom. The summed E-state index contributed by atoms with van der Waals surface area (Å²) < 4.78 is 0. The number of likely N-dealkylation sites (N-methyl/N-ethyl adjacent to an activating group) is 1. The number of carboxylic acid groups (broad SMARTS) is 1. The predicted molar refractivity (Wildman–Crippen MR) is 53.9 cm³/mol. The molecule has 0 saturated carbocycles. The summed E-state index contributed by atoms with van der Waals surface area (Å²) in [5.74, 6) is -0.788. The van der Waals surface area contributed by atoms with Crippen LogP contribution < -0.4 is 0 Å². The van der Waals surface area contributed by atoms with Crippen LogP contribution in [0.5, 0.6) is 0 Å². The molecule has 0 rings (SSSR count). The van der Waals surface area contributed by atoms with E-state index in [1.807, 2.05) is 13.8 Å². The summed E-state index contributed by atoms with van der Waals surface area (Å²) in [7, 11) is 1.55. The van der Waals surface area contributed by atoms with Crippen LogP contribution in [0.25, 0.3) is 0 Å². The second kappa shape index (κ2) is 5.62. The number of hydrogen-bond donors (Lipinski definition) is 1. The van der Waals surface area contributed by atoms with Crippen LogP contribution in [0.15, 0.2) is 0 Å². The Hall–Kier alpha value is -1.06. The first-order valence-electron chi connectivity index (χ1n) is 4.88. The Kier molecular flexibility index (Phi) is 5.20. The van der Waals surface area contributed by atoms with E-state index in [0.29, 0.717) is 12.8 Å². The molecule has 0 aromatic heterocycles. The summed E-state index contributed by atoms with van der Waals surface area (Å²) in [4.78, 5) is 23.5. The minimum Gasteiger partial charge on any atom is -0.480 e. The lowest BCUT2D eigenvalue weighted by molar-refractivity contribution is -0.149. The highest BCUT2D eigenvalue weighted by atomic mass is 16.4. The topological polar surface area (TPSA) is 57.6 Å². The Balaban J connectivity index is 4.48. The maximum absolute atomic E-state index is 11.3. The number of rotatable bonds is 5. The van der Waals surface area contributed by atoms with Gasteiger partial charge in [-0.25, -0.2) is 4.79 Å². The summed E-state index contributed by atoms with van der Waals surface area (Å²) in [5.41, 5.74) is 0. The fourth-order valence-electron chi connectivity index (χ4n) is 1.29. The van der Waals surface area contributed by atoms with Crippen LogP contribution in [-0.2, 0) is 9.59 Å². The molecule has 0 radical (unpaired) electrons. The van der Waals surface area contributed by atoms with Crippen molar-refractivity contribution in [3.05, 3.63) is 0 Å². The van der Waals surface area contributed by atoms with Gasteiger partial charge in [0.25, 0.3) is 0 Å². The molecular formula is C10H19NO3. The van der Waals surface area contributed by atoms with Crippen molar-refractivity contribution in [3.8, 4) is 0 Å². The van der Waals surface area contributed by atoms with E-state index in [4.69, 9.17) is 5.11 Å². The van der Waals surface area contributed by atoms with Crippen molar-refractivity contribution in [2.45, 2.75) is 39.7 Å². The molecule has 0 aliphatic carbocycles. The number of hydrogen-bond acceptors (Lipinski definition) is 2. The highest BCUT2D eigenvalue weighted by molar-refractivity contribution is 5.83. The second-order valence-electron chi connectivity index (χ2n) is 3.84. The first-order valence-corrected chi connectivity index (χ1v) is 4.88. The SMILES string of the molecule is CCC(=O)N(C)C(CC(C)C)C(=O)O. The molecule has 0 fully saturated rings. The molecule has 4 nitrogen and oxygen atoms in total. The third-order valence-electron chi connectivity index (χ3n) is 2.14. The Morgan fingerprint density at radius 2 is 1.86 bits per heavy atom. The standard InChI is InChI=1S/C10H19NO3/c1-5-9(12)11(4)8(10(13)14)6-7(2)3/h7-8H,5-6H2,1-4H3,(H,13,14). The molecule has 1 unspecified atom stereocenters.